The van der Waals surface area contributed by atoms with E-state index >= 15 is 0 Å². The predicted molar refractivity (Wildman–Crippen MR) is 66.5 cm³/mol. The largest absolute Gasteiger partial charge is 0.338 e. The Bertz CT molecular complexity index is 682. The Balaban J connectivity index is 2.23. The molecule has 5 nitrogen and oxygen atoms in total. The summed E-state index contributed by atoms with van der Waals surface area (Å²) < 4.78 is 42.2. The van der Waals surface area contributed by atoms with Crippen molar-refractivity contribution in [2.75, 3.05) is 0 Å². The van der Waals surface area contributed by atoms with E-state index in [0.29, 0.717) is 11.4 Å². The van der Waals surface area contributed by atoms with Crippen LogP contribution < -0.4 is 0 Å². The molecule has 1 atom stereocenters. The van der Waals surface area contributed by atoms with Gasteiger partial charge in [-0.15, -0.1) is 0 Å². The fourth-order valence-corrected chi connectivity index (χ4v) is 2.91. The van der Waals surface area contributed by atoms with Gasteiger partial charge >= 0.3 is 0 Å². The van der Waals surface area contributed by atoms with E-state index < -0.39 is 20.9 Å². The zero-order valence-corrected chi connectivity index (χ0v) is 11.3. The number of rotatable bonds is 4. The molecular formula is C12H13FN2O3S. The summed E-state index contributed by atoms with van der Waals surface area (Å²) >= 11 is 0. The number of aryl methyl sites for hydroxylation is 1. The van der Waals surface area contributed by atoms with Crippen LogP contribution in [0.15, 0.2) is 28.8 Å². The molecule has 7 heteroatoms. The molecule has 0 amide bonds. The molecule has 0 spiro atoms. The van der Waals surface area contributed by atoms with Crippen LogP contribution >= 0.6 is 0 Å². The van der Waals surface area contributed by atoms with Crippen molar-refractivity contribution >= 4 is 9.84 Å². The average molecular weight is 284 g/mol. The zero-order valence-electron chi connectivity index (χ0n) is 10.5. The molecule has 0 saturated carbocycles. The molecule has 0 unspecified atom stereocenters. The smallest absolute Gasteiger partial charge is 0.244 e. The molecular weight excluding hydrogens is 271 g/mol. The molecule has 102 valence electrons. The first-order chi connectivity index (χ1) is 8.88. The van der Waals surface area contributed by atoms with Crippen molar-refractivity contribution in [1.29, 1.82) is 0 Å². The number of hydrogen-bond acceptors (Lipinski definition) is 5. The van der Waals surface area contributed by atoms with E-state index in [1.54, 1.807) is 13.0 Å². The van der Waals surface area contributed by atoms with Crippen LogP contribution in [0.4, 0.5) is 4.39 Å². The highest BCUT2D eigenvalue weighted by Crippen LogP contribution is 2.24. The number of hydrogen-bond donors (Lipinski definition) is 0. The monoisotopic (exact) mass is 284 g/mol. The number of halogens is 1. The highest BCUT2D eigenvalue weighted by Gasteiger charge is 2.28. The summed E-state index contributed by atoms with van der Waals surface area (Å²) in [5, 5.41) is 2.64. The summed E-state index contributed by atoms with van der Waals surface area (Å²) in [7, 11) is -3.53. The van der Waals surface area contributed by atoms with Crippen LogP contribution in [0.5, 0.6) is 0 Å². The minimum atomic E-state index is -3.53. The average Bonchev–Trinajstić information content (AvgIpc) is 2.74. The molecule has 0 fully saturated rings. The maximum Gasteiger partial charge on any atom is 0.244 e. The molecule has 1 aromatic carbocycles. The van der Waals surface area contributed by atoms with E-state index in [4.69, 9.17) is 4.52 Å². The van der Waals surface area contributed by atoms with Crippen LogP contribution in [0.2, 0.25) is 0 Å². The molecule has 2 aromatic rings. The summed E-state index contributed by atoms with van der Waals surface area (Å²) in [4.78, 5) is 3.91. The first-order valence-corrected chi connectivity index (χ1v) is 7.36. The van der Waals surface area contributed by atoms with Gasteiger partial charge in [0.1, 0.15) is 11.1 Å². The lowest BCUT2D eigenvalue weighted by atomic mass is 10.2. The fraction of sp³-hybridized carbons (Fsp3) is 0.333. The van der Waals surface area contributed by atoms with Gasteiger partial charge in [0, 0.05) is 0 Å². The maximum atomic E-state index is 13.0. The summed E-state index contributed by atoms with van der Waals surface area (Å²) in [5.41, 5.74) is 0.392. The molecule has 0 bridgehead atoms. The molecule has 1 aromatic heterocycles. The Hall–Kier alpha value is -1.76. The molecule has 2 rings (SSSR count). The van der Waals surface area contributed by atoms with E-state index in [9.17, 15) is 12.8 Å². The van der Waals surface area contributed by atoms with Crippen LogP contribution in [-0.2, 0) is 15.6 Å². The van der Waals surface area contributed by atoms with Gasteiger partial charge in [0.25, 0.3) is 0 Å². The van der Waals surface area contributed by atoms with Crippen molar-refractivity contribution in [3.05, 3.63) is 47.4 Å². The molecule has 0 aliphatic heterocycles. The molecule has 0 radical (unpaired) electrons. The van der Waals surface area contributed by atoms with Gasteiger partial charge in [-0.05, 0) is 31.5 Å². The van der Waals surface area contributed by atoms with Crippen LogP contribution in [0.3, 0.4) is 0 Å². The van der Waals surface area contributed by atoms with Gasteiger partial charge in [-0.2, -0.15) is 4.98 Å². The third-order valence-electron chi connectivity index (χ3n) is 2.69. The Kier molecular flexibility index (Phi) is 3.66. The van der Waals surface area contributed by atoms with E-state index in [2.05, 4.69) is 10.1 Å². The SMILES string of the molecule is Cc1noc([C@@H](C)S(=O)(=O)Cc2cccc(F)c2)n1. The van der Waals surface area contributed by atoms with Gasteiger partial charge in [-0.25, -0.2) is 12.8 Å². The van der Waals surface area contributed by atoms with Crippen molar-refractivity contribution in [2.45, 2.75) is 24.9 Å². The van der Waals surface area contributed by atoms with Crippen molar-refractivity contribution in [2.24, 2.45) is 0 Å². The maximum absolute atomic E-state index is 13.0. The van der Waals surface area contributed by atoms with Gasteiger partial charge in [0.2, 0.25) is 5.89 Å². The van der Waals surface area contributed by atoms with Crippen LogP contribution in [0.1, 0.15) is 29.5 Å². The van der Waals surface area contributed by atoms with Crippen LogP contribution in [0.25, 0.3) is 0 Å². The second-order valence-corrected chi connectivity index (χ2v) is 6.58. The second kappa shape index (κ2) is 5.08. The standard InChI is InChI=1S/C12H13FN2O3S/c1-8(12-14-9(2)15-18-12)19(16,17)7-10-4-3-5-11(13)6-10/h3-6,8H,7H2,1-2H3/t8-/m1/s1. The Labute approximate surface area is 110 Å². The molecule has 1 heterocycles. The van der Waals surface area contributed by atoms with E-state index in [-0.39, 0.29) is 11.6 Å². The Morgan fingerprint density at radius 2 is 2.16 bits per heavy atom. The quantitative estimate of drug-likeness (QED) is 0.860. The Morgan fingerprint density at radius 1 is 1.42 bits per heavy atom. The van der Waals surface area contributed by atoms with Crippen molar-refractivity contribution in [3.8, 4) is 0 Å². The number of sulfone groups is 1. The third kappa shape index (κ3) is 3.17. The lowest BCUT2D eigenvalue weighted by Gasteiger charge is -2.08. The highest BCUT2D eigenvalue weighted by atomic mass is 32.2. The van der Waals surface area contributed by atoms with Gasteiger partial charge < -0.3 is 4.52 Å². The predicted octanol–water partition coefficient (Wildman–Crippen LogP) is 2.19. The second-order valence-electron chi connectivity index (χ2n) is 4.26. The van der Waals surface area contributed by atoms with Gasteiger partial charge in [-0.3, -0.25) is 0 Å². The Morgan fingerprint density at radius 3 is 2.74 bits per heavy atom. The molecule has 19 heavy (non-hydrogen) atoms. The first-order valence-electron chi connectivity index (χ1n) is 5.65. The van der Waals surface area contributed by atoms with Crippen LogP contribution in [0, 0.1) is 12.7 Å². The molecule has 0 saturated heterocycles. The van der Waals surface area contributed by atoms with Gasteiger partial charge in [-0.1, -0.05) is 17.3 Å². The minimum Gasteiger partial charge on any atom is -0.338 e. The summed E-state index contributed by atoms with van der Waals surface area (Å²) in [5.74, 6) is -0.307. The molecule has 0 N–H and O–H groups in total. The van der Waals surface area contributed by atoms with E-state index in [0.717, 1.165) is 0 Å². The van der Waals surface area contributed by atoms with Gasteiger partial charge in [0.15, 0.2) is 15.7 Å². The molecule has 0 aliphatic carbocycles. The topological polar surface area (TPSA) is 73.1 Å². The number of aromatic nitrogens is 2. The van der Waals surface area contributed by atoms with Crippen molar-refractivity contribution in [1.82, 2.24) is 10.1 Å². The summed E-state index contributed by atoms with van der Waals surface area (Å²) in [6, 6.07) is 5.50. The van der Waals surface area contributed by atoms with Crippen LogP contribution in [-0.4, -0.2) is 18.6 Å². The number of benzene rings is 1. The van der Waals surface area contributed by atoms with Crippen molar-refractivity contribution in [3.63, 3.8) is 0 Å². The van der Waals surface area contributed by atoms with Crippen molar-refractivity contribution < 1.29 is 17.3 Å². The summed E-state index contributed by atoms with van der Waals surface area (Å²) in [6.07, 6.45) is 0. The lowest BCUT2D eigenvalue weighted by Crippen LogP contribution is -2.13. The highest BCUT2D eigenvalue weighted by molar-refractivity contribution is 7.90. The molecule has 0 aliphatic rings. The number of nitrogens with zero attached hydrogens (tertiary/aromatic N) is 2. The lowest BCUT2D eigenvalue weighted by molar-refractivity contribution is 0.373. The minimum absolute atomic E-state index is 0.0499. The fourth-order valence-electron chi connectivity index (χ4n) is 1.62. The van der Waals surface area contributed by atoms with E-state index in [1.165, 1.54) is 25.1 Å². The third-order valence-corrected chi connectivity index (χ3v) is 4.70. The van der Waals surface area contributed by atoms with E-state index in [1.807, 2.05) is 0 Å². The van der Waals surface area contributed by atoms with Gasteiger partial charge in [0.05, 0.1) is 5.75 Å². The first kappa shape index (κ1) is 13.7. The normalized spacial score (nSPS) is 13.4. The summed E-state index contributed by atoms with van der Waals surface area (Å²) in [6.45, 7) is 3.08. The zero-order chi connectivity index (χ0) is 14.0.